The summed E-state index contributed by atoms with van der Waals surface area (Å²) in [7, 11) is 0. The molecule has 192 valence electrons. The van der Waals surface area contributed by atoms with E-state index in [1.807, 2.05) is 105 Å². The number of hydrogen-bond acceptors (Lipinski definition) is 5. The molecule has 0 N–H and O–H groups in total. The van der Waals surface area contributed by atoms with E-state index in [9.17, 15) is 10.1 Å². The number of hydrogen-bond donors (Lipinski definition) is 0. The lowest BCUT2D eigenvalue weighted by Gasteiger charge is -2.16. The predicted octanol–water partition coefficient (Wildman–Crippen LogP) is 8.33. The minimum atomic E-state index is -0.126. The van der Waals surface area contributed by atoms with E-state index >= 15 is 0 Å². The van der Waals surface area contributed by atoms with Gasteiger partial charge in [0.05, 0.1) is 32.4 Å². The van der Waals surface area contributed by atoms with Crippen LogP contribution in [0.1, 0.15) is 27.8 Å². The van der Waals surface area contributed by atoms with Crippen molar-refractivity contribution in [2.75, 3.05) is 4.90 Å². The van der Waals surface area contributed by atoms with Crippen LogP contribution in [-0.4, -0.2) is 11.1 Å². The highest BCUT2D eigenvalue weighted by atomic mass is 79.9. The smallest absolute Gasteiger partial charge is 0.271 e. The third kappa shape index (κ3) is 6.14. The average Bonchev–Trinajstić information content (AvgIpc) is 3.24. The van der Waals surface area contributed by atoms with Gasteiger partial charge in [0.25, 0.3) is 5.91 Å². The van der Waals surface area contributed by atoms with E-state index < -0.39 is 0 Å². The van der Waals surface area contributed by atoms with Gasteiger partial charge < -0.3 is 4.74 Å². The first kappa shape index (κ1) is 26.5. The van der Waals surface area contributed by atoms with Gasteiger partial charge in [0.2, 0.25) is 0 Å². The zero-order valence-corrected chi connectivity index (χ0v) is 23.8. The second-order valence-electron chi connectivity index (χ2n) is 9.06. The normalized spacial score (nSPS) is 15.1. The van der Waals surface area contributed by atoms with Crippen molar-refractivity contribution in [2.24, 2.45) is 4.99 Å². The summed E-state index contributed by atoms with van der Waals surface area (Å²) >= 11 is 4.94. The molecule has 0 unspecified atom stereocenters. The Morgan fingerprint density at radius 1 is 0.974 bits per heavy atom. The summed E-state index contributed by atoms with van der Waals surface area (Å²) in [5, 5.41) is 9.92. The highest BCUT2D eigenvalue weighted by Crippen LogP contribution is 2.38. The minimum absolute atomic E-state index is 0.126. The summed E-state index contributed by atoms with van der Waals surface area (Å²) in [6.45, 7) is 4.33. The molecule has 0 spiro atoms. The second kappa shape index (κ2) is 11.7. The summed E-state index contributed by atoms with van der Waals surface area (Å²) in [5.41, 5.74) is 6.09. The van der Waals surface area contributed by atoms with Gasteiger partial charge in [0.1, 0.15) is 12.4 Å². The summed E-state index contributed by atoms with van der Waals surface area (Å²) in [6, 6.07) is 31.0. The number of carbonyl (C=O) groups is 1. The molecule has 5 rings (SSSR count). The number of halogens is 1. The third-order valence-corrected chi connectivity index (χ3v) is 7.72. The van der Waals surface area contributed by atoms with E-state index in [0.29, 0.717) is 21.4 Å². The number of anilines is 1. The van der Waals surface area contributed by atoms with Gasteiger partial charge in [-0.25, -0.2) is 4.99 Å². The van der Waals surface area contributed by atoms with Crippen molar-refractivity contribution >= 4 is 56.2 Å². The van der Waals surface area contributed by atoms with E-state index in [2.05, 4.69) is 22.0 Å². The first-order valence-corrected chi connectivity index (χ1v) is 13.9. The van der Waals surface area contributed by atoms with E-state index in [1.54, 1.807) is 11.0 Å². The molecule has 4 aromatic rings. The Labute approximate surface area is 240 Å². The number of amides is 1. The van der Waals surface area contributed by atoms with Crippen LogP contribution in [0.2, 0.25) is 0 Å². The Bertz CT molecular complexity index is 1640. The van der Waals surface area contributed by atoms with Crippen LogP contribution < -0.4 is 9.64 Å². The van der Waals surface area contributed by atoms with Crippen molar-refractivity contribution in [3.63, 3.8) is 0 Å². The summed E-state index contributed by atoms with van der Waals surface area (Å²) in [5.74, 6) is 0.525. The molecule has 1 saturated heterocycles. The first-order chi connectivity index (χ1) is 18.9. The standard InChI is InChI=1S/C32H24BrN3O2S/c1-21-7-12-26(13-8-21)35-32-36(27-14-9-22(2)10-15-27)31(37)30(39-32)18-23-11-16-29(28(33)17-23)38-20-25-6-4-3-5-24(25)19-34/h3-18H,20H2,1-2H3/b30-18+,35-32?. The molecule has 0 aromatic heterocycles. The van der Waals surface area contributed by atoms with Crippen molar-refractivity contribution in [2.45, 2.75) is 20.5 Å². The van der Waals surface area contributed by atoms with Gasteiger partial charge in [-0.3, -0.25) is 9.69 Å². The largest absolute Gasteiger partial charge is 0.488 e. The SMILES string of the molecule is Cc1ccc(N=C2S/C(=C/c3ccc(OCc4ccccc4C#N)c(Br)c3)C(=O)N2c2ccc(C)cc2)cc1. The molecule has 5 nitrogen and oxygen atoms in total. The lowest BCUT2D eigenvalue weighted by atomic mass is 10.1. The molecule has 1 amide bonds. The average molecular weight is 595 g/mol. The Morgan fingerprint density at radius 2 is 1.67 bits per heavy atom. The van der Waals surface area contributed by atoms with Crippen LogP contribution in [0.3, 0.4) is 0 Å². The number of amidine groups is 1. The van der Waals surface area contributed by atoms with Crippen molar-refractivity contribution in [1.29, 1.82) is 5.26 Å². The van der Waals surface area contributed by atoms with Crippen LogP contribution in [0.4, 0.5) is 11.4 Å². The number of aryl methyl sites for hydroxylation is 2. The quantitative estimate of drug-likeness (QED) is 0.211. The number of ether oxygens (including phenoxy) is 1. The fourth-order valence-corrected chi connectivity index (χ4v) is 5.50. The van der Waals surface area contributed by atoms with E-state index in [-0.39, 0.29) is 12.5 Å². The molecule has 0 aliphatic carbocycles. The second-order valence-corrected chi connectivity index (χ2v) is 10.9. The van der Waals surface area contributed by atoms with Crippen LogP contribution in [0.25, 0.3) is 6.08 Å². The predicted molar refractivity (Wildman–Crippen MR) is 162 cm³/mol. The molecule has 4 aromatic carbocycles. The number of aliphatic imine (C=N–C) groups is 1. The molecule has 0 radical (unpaired) electrons. The van der Waals surface area contributed by atoms with Gasteiger partial charge in [0, 0.05) is 5.56 Å². The Hall–Kier alpha value is -4.12. The van der Waals surface area contributed by atoms with Crippen LogP contribution in [-0.2, 0) is 11.4 Å². The van der Waals surface area contributed by atoms with E-state index in [4.69, 9.17) is 9.73 Å². The third-order valence-electron chi connectivity index (χ3n) is 6.13. The maximum Gasteiger partial charge on any atom is 0.271 e. The zero-order chi connectivity index (χ0) is 27.4. The topological polar surface area (TPSA) is 65.7 Å². The highest BCUT2D eigenvalue weighted by molar-refractivity contribution is 9.10. The van der Waals surface area contributed by atoms with Gasteiger partial charge >= 0.3 is 0 Å². The Kier molecular flexibility index (Phi) is 7.97. The molecule has 0 bridgehead atoms. The van der Waals surface area contributed by atoms with E-state index in [1.165, 1.54) is 11.8 Å². The van der Waals surface area contributed by atoms with Gasteiger partial charge in [0.15, 0.2) is 5.17 Å². The molecule has 1 aliphatic heterocycles. The highest BCUT2D eigenvalue weighted by Gasteiger charge is 2.34. The van der Waals surface area contributed by atoms with Crippen molar-refractivity contribution in [3.05, 3.63) is 128 Å². The van der Waals surface area contributed by atoms with Crippen LogP contribution >= 0.6 is 27.7 Å². The zero-order valence-electron chi connectivity index (χ0n) is 21.4. The van der Waals surface area contributed by atoms with Gasteiger partial charge in [-0.1, -0.05) is 59.7 Å². The minimum Gasteiger partial charge on any atom is -0.488 e. The molecule has 1 heterocycles. The van der Waals surface area contributed by atoms with E-state index in [0.717, 1.165) is 38.1 Å². The molecular weight excluding hydrogens is 570 g/mol. The molecule has 39 heavy (non-hydrogen) atoms. The number of benzene rings is 4. The molecule has 7 heteroatoms. The summed E-state index contributed by atoms with van der Waals surface area (Å²) < 4.78 is 6.72. The van der Waals surface area contributed by atoms with Gasteiger partial charge in [-0.15, -0.1) is 0 Å². The number of thioether (sulfide) groups is 1. The molecule has 0 atom stereocenters. The maximum atomic E-state index is 13.6. The molecule has 1 fully saturated rings. The number of carbonyl (C=O) groups excluding carboxylic acids is 1. The van der Waals surface area contributed by atoms with Crippen LogP contribution in [0.15, 0.2) is 105 Å². The van der Waals surface area contributed by atoms with Gasteiger partial charge in [-0.05, 0) is 95.6 Å². The number of nitriles is 1. The van der Waals surface area contributed by atoms with Gasteiger partial charge in [-0.2, -0.15) is 5.26 Å². The molecule has 1 aliphatic rings. The molecular formula is C32H24BrN3O2S. The number of nitrogens with zero attached hydrogens (tertiary/aromatic N) is 3. The van der Waals surface area contributed by atoms with Crippen LogP contribution in [0.5, 0.6) is 5.75 Å². The molecule has 0 saturated carbocycles. The fourth-order valence-electron chi connectivity index (χ4n) is 3.99. The summed E-state index contributed by atoms with van der Waals surface area (Å²) in [4.78, 5) is 20.7. The Morgan fingerprint density at radius 3 is 2.36 bits per heavy atom. The van der Waals surface area contributed by atoms with Crippen molar-refractivity contribution in [3.8, 4) is 11.8 Å². The Balaban J connectivity index is 1.42. The van der Waals surface area contributed by atoms with Crippen molar-refractivity contribution < 1.29 is 9.53 Å². The summed E-state index contributed by atoms with van der Waals surface area (Å²) in [6.07, 6.45) is 1.87. The van der Waals surface area contributed by atoms with Crippen molar-refractivity contribution in [1.82, 2.24) is 0 Å². The first-order valence-electron chi connectivity index (χ1n) is 12.3. The lowest BCUT2D eigenvalue weighted by molar-refractivity contribution is -0.113. The lowest BCUT2D eigenvalue weighted by Crippen LogP contribution is -2.28. The maximum absolute atomic E-state index is 13.6. The number of rotatable bonds is 6. The monoisotopic (exact) mass is 593 g/mol. The van der Waals surface area contributed by atoms with Crippen LogP contribution in [0, 0.1) is 25.2 Å². The fraction of sp³-hybridized carbons (Fsp3) is 0.0938.